The second-order valence-corrected chi connectivity index (χ2v) is 11.8. The molecule has 2 N–H and O–H groups in total. The van der Waals surface area contributed by atoms with E-state index < -0.39 is 12.0 Å². The fourth-order valence-electron chi connectivity index (χ4n) is 6.69. The van der Waals surface area contributed by atoms with Gasteiger partial charge in [-0.15, -0.1) is 0 Å². The first kappa shape index (κ1) is 25.5. The quantitative estimate of drug-likeness (QED) is 0.421. The van der Waals surface area contributed by atoms with Gasteiger partial charge in [0.1, 0.15) is 11.6 Å². The topological polar surface area (TPSA) is 82.8 Å². The molecule has 1 aromatic heterocycles. The molecule has 0 unspecified atom stereocenters. The first-order valence-corrected chi connectivity index (χ1v) is 13.6. The van der Waals surface area contributed by atoms with Crippen LogP contribution in [0, 0.1) is 17.3 Å². The van der Waals surface area contributed by atoms with Crippen LogP contribution < -0.4 is 5.32 Å². The lowest BCUT2D eigenvalue weighted by molar-refractivity contribution is -0.154. The highest BCUT2D eigenvalue weighted by Gasteiger charge is 2.58. The third-order valence-electron chi connectivity index (χ3n) is 8.36. The number of furan rings is 1. The number of para-hydroxylation sites is 1. The summed E-state index contributed by atoms with van der Waals surface area (Å²) in [6.45, 7) is 6.79. The number of nitrogens with one attached hydrogen (secondary N) is 1. The predicted molar refractivity (Wildman–Crippen MR) is 144 cm³/mol. The lowest BCUT2D eigenvalue weighted by Crippen LogP contribution is -2.49. The average molecular weight is 503 g/mol. The molecule has 0 bridgehead atoms. The molecule has 4 atom stereocenters. The summed E-state index contributed by atoms with van der Waals surface area (Å²) >= 11 is 0. The predicted octanol–water partition coefficient (Wildman–Crippen LogP) is 6.17. The number of nitrogens with zero attached hydrogens (tertiary/aromatic N) is 1. The van der Waals surface area contributed by atoms with Crippen molar-refractivity contribution in [3.8, 4) is 0 Å². The van der Waals surface area contributed by atoms with E-state index in [1.165, 1.54) is 0 Å². The van der Waals surface area contributed by atoms with E-state index in [0.717, 1.165) is 54.2 Å². The Labute approximate surface area is 219 Å². The Balaban J connectivity index is 1.58. The molecule has 196 valence electrons. The molecule has 6 heteroatoms. The van der Waals surface area contributed by atoms with Crippen LogP contribution in [-0.2, 0) is 16.1 Å². The molecule has 6 nitrogen and oxygen atoms in total. The average Bonchev–Trinajstić information content (AvgIpc) is 3.47. The lowest BCUT2D eigenvalue weighted by atomic mass is 9.72. The fraction of sp³-hybridized carbons (Fsp3) is 0.484. The van der Waals surface area contributed by atoms with Crippen molar-refractivity contribution in [1.29, 1.82) is 0 Å². The van der Waals surface area contributed by atoms with Crippen molar-refractivity contribution in [3.05, 3.63) is 72.0 Å². The van der Waals surface area contributed by atoms with Gasteiger partial charge in [-0.1, -0.05) is 88.6 Å². The molecule has 37 heavy (non-hydrogen) atoms. The zero-order valence-corrected chi connectivity index (χ0v) is 22.0. The molecule has 2 aliphatic rings. The van der Waals surface area contributed by atoms with Crippen LogP contribution in [0.25, 0.3) is 11.0 Å². The Bertz CT molecular complexity index is 1240. The second-order valence-electron chi connectivity index (χ2n) is 11.8. The number of hydrogen-bond acceptors (Lipinski definition) is 4. The van der Waals surface area contributed by atoms with Crippen molar-refractivity contribution in [1.82, 2.24) is 10.2 Å². The Morgan fingerprint density at radius 2 is 1.68 bits per heavy atom. The molecule has 0 spiro atoms. The van der Waals surface area contributed by atoms with Gasteiger partial charge >= 0.3 is 5.97 Å². The minimum absolute atomic E-state index is 0.00624. The number of benzene rings is 2. The molecule has 0 radical (unpaired) electrons. The smallest absolute Gasteiger partial charge is 0.326 e. The first-order valence-electron chi connectivity index (χ1n) is 13.6. The van der Waals surface area contributed by atoms with Crippen molar-refractivity contribution in [3.63, 3.8) is 0 Å². The molecule has 5 rings (SSSR count). The van der Waals surface area contributed by atoms with E-state index in [9.17, 15) is 14.7 Å². The third kappa shape index (κ3) is 4.91. The van der Waals surface area contributed by atoms with E-state index in [1.54, 1.807) is 11.2 Å². The van der Waals surface area contributed by atoms with Gasteiger partial charge in [0.25, 0.3) is 0 Å². The molecule has 2 aromatic carbocycles. The van der Waals surface area contributed by atoms with Crippen LogP contribution in [0.15, 0.2) is 65.3 Å². The van der Waals surface area contributed by atoms with Crippen molar-refractivity contribution in [2.75, 3.05) is 0 Å². The van der Waals surface area contributed by atoms with Crippen LogP contribution in [0.4, 0.5) is 0 Å². The van der Waals surface area contributed by atoms with E-state index in [1.807, 2.05) is 54.6 Å². The number of carbonyl (C=O) groups excluding carboxylic acids is 1. The second kappa shape index (κ2) is 10.3. The number of likely N-dealkylation sites (tertiary alicyclic amines) is 1. The maximum Gasteiger partial charge on any atom is 0.326 e. The lowest BCUT2D eigenvalue weighted by Gasteiger charge is -2.36. The van der Waals surface area contributed by atoms with Crippen LogP contribution in [0.2, 0.25) is 0 Å². The molecular formula is C31H38N2O4. The molecule has 2 fully saturated rings. The number of fused-ring (bicyclic) bond motifs is 1. The first-order chi connectivity index (χ1) is 17.8. The van der Waals surface area contributed by atoms with Gasteiger partial charge in [-0.25, -0.2) is 4.79 Å². The SMILES string of the molecule is CC(C)(C)[C@H]1[C@H](NCc2coc3ccccc23)[C@H](c2ccccc2)N(C(=O)C2CCCCC2)[C@@H]1C(=O)O. The van der Waals surface area contributed by atoms with E-state index in [-0.39, 0.29) is 35.2 Å². The number of amides is 1. The maximum absolute atomic E-state index is 14.1. The summed E-state index contributed by atoms with van der Waals surface area (Å²) in [5, 5.41) is 15.4. The van der Waals surface area contributed by atoms with E-state index >= 15 is 0 Å². The standard InChI is InChI=1S/C31H38N2O4/c1-31(2,3)25-26(32-18-22-19-37-24-17-11-10-16-23(22)24)27(20-12-6-4-7-13-20)33(28(25)30(35)36)29(34)21-14-8-5-9-15-21/h4,6-7,10-13,16-17,19,21,25-28,32H,5,8-9,14-15,18H2,1-3H3,(H,35,36)/t25-,26-,27-,28-/m0/s1. The Kier molecular flexibility index (Phi) is 7.13. The monoisotopic (exact) mass is 502 g/mol. The minimum Gasteiger partial charge on any atom is -0.480 e. The number of carboxylic acids is 1. The van der Waals surface area contributed by atoms with E-state index in [4.69, 9.17) is 4.42 Å². The molecule has 1 amide bonds. The van der Waals surface area contributed by atoms with E-state index in [2.05, 4.69) is 26.1 Å². The molecule has 2 heterocycles. The van der Waals surface area contributed by atoms with Crippen molar-refractivity contribution in [2.24, 2.45) is 17.3 Å². The summed E-state index contributed by atoms with van der Waals surface area (Å²) in [5.41, 5.74) is 2.47. The number of rotatable bonds is 6. The van der Waals surface area contributed by atoms with E-state index in [0.29, 0.717) is 6.54 Å². The summed E-state index contributed by atoms with van der Waals surface area (Å²) < 4.78 is 5.77. The Morgan fingerprint density at radius 1 is 1.00 bits per heavy atom. The highest BCUT2D eigenvalue weighted by Crippen LogP contribution is 2.49. The van der Waals surface area contributed by atoms with Gasteiger partial charge in [0.2, 0.25) is 5.91 Å². The van der Waals surface area contributed by atoms with Gasteiger partial charge in [-0.2, -0.15) is 0 Å². The molecule has 1 saturated carbocycles. The molecule has 1 aliphatic heterocycles. The van der Waals surface area contributed by atoms with Crippen LogP contribution >= 0.6 is 0 Å². The van der Waals surface area contributed by atoms with Crippen LogP contribution in [0.5, 0.6) is 0 Å². The number of hydrogen-bond donors (Lipinski definition) is 2. The van der Waals surface area contributed by atoms with Crippen molar-refractivity contribution in [2.45, 2.75) is 77.5 Å². The summed E-state index contributed by atoms with van der Waals surface area (Å²) in [6.07, 6.45) is 6.63. The normalized spacial score (nSPS) is 25.0. The van der Waals surface area contributed by atoms with Gasteiger partial charge in [0.15, 0.2) is 0 Å². The van der Waals surface area contributed by atoms with Crippen LogP contribution in [0.3, 0.4) is 0 Å². The van der Waals surface area contributed by atoms with Gasteiger partial charge in [-0.05, 0) is 29.9 Å². The zero-order valence-electron chi connectivity index (χ0n) is 22.0. The molecule has 1 aliphatic carbocycles. The Morgan fingerprint density at radius 3 is 2.35 bits per heavy atom. The zero-order chi connectivity index (χ0) is 26.2. The van der Waals surface area contributed by atoms with Crippen LogP contribution in [0.1, 0.15) is 70.0 Å². The number of aliphatic carboxylic acids is 1. The third-order valence-corrected chi connectivity index (χ3v) is 8.36. The Hall–Kier alpha value is -3.12. The van der Waals surface area contributed by atoms with Gasteiger partial charge < -0.3 is 19.7 Å². The van der Waals surface area contributed by atoms with Gasteiger partial charge in [0, 0.05) is 35.4 Å². The number of carbonyl (C=O) groups is 2. The summed E-state index contributed by atoms with van der Waals surface area (Å²) in [6, 6.07) is 16.4. The maximum atomic E-state index is 14.1. The minimum atomic E-state index is -0.928. The summed E-state index contributed by atoms with van der Waals surface area (Å²) in [4.78, 5) is 28.8. The molecular weight excluding hydrogens is 464 g/mol. The fourth-order valence-corrected chi connectivity index (χ4v) is 6.69. The van der Waals surface area contributed by atoms with Gasteiger partial charge in [0.05, 0.1) is 12.3 Å². The van der Waals surface area contributed by atoms with Crippen molar-refractivity contribution >= 4 is 22.8 Å². The van der Waals surface area contributed by atoms with Crippen LogP contribution in [-0.4, -0.2) is 34.0 Å². The summed E-state index contributed by atoms with van der Waals surface area (Å²) in [7, 11) is 0. The van der Waals surface area contributed by atoms with Crippen molar-refractivity contribution < 1.29 is 19.1 Å². The highest BCUT2D eigenvalue weighted by atomic mass is 16.4. The largest absolute Gasteiger partial charge is 0.480 e. The van der Waals surface area contributed by atoms with Gasteiger partial charge in [-0.3, -0.25) is 4.79 Å². The molecule has 3 aromatic rings. The molecule has 1 saturated heterocycles. The highest BCUT2D eigenvalue weighted by molar-refractivity contribution is 5.87. The number of carboxylic acid groups (broad SMARTS) is 1. The summed E-state index contributed by atoms with van der Waals surface area (Å²) in [5.74, 6) is -1.34.